The van der Waals surface area contributed by atoms with Crippen molar-refractivity contribution in [3.8, 4) is 22.8 Å². The van der Waals surface area contributed by atoms with Crippen LogP contribution in [-0.2, 0) is 0 Å². The second-order valence-electron chi connectivity index (χ2n) is 6.83. The number of methoxy groups -OCH3 is 2. The molecular weight excluding hydrogens is 356 g/mol. The van der Waals surface area contributed by atoms with Crippen LogP contribution >= 0.6 is 0 Å². The van der Waals surface area contributed by atoms with E-state index in [0.717, 1.165) is 16.8 Å². The number of anilines is 1. The summed E-state index contributed by atoms with van der Waals surface area (Å²) < 4.78 is 15.9. The molecule has 0 aliphatic carbocycles. The molecule has 1 amide bonds. The summed E-state index contributed by atoms with van der Waals surface area (Å²) in [6, 6.07) is 12.9. The Morgan fingerprint density at radius 3 is 2.43 bits per heavy atom. The standard InChI is InChI=1S/C22H24N2O4/c1-13(2)17-8-7-16(10-14(17)3)23-22(25)18-12-20(28-24-18)15-6-9-19(26-4)21(11-15)27-5/h6-13H,1-5H3,(H,23,25). The van der Waals surface area contributed by atoms with Crippen molar-refractivity contribution in [1.82, 2.24) is 5.16 Å². The molecule has 6 heteroatoms. The molecule has 1 aromatic heterocycles. The van der Waals surface area contributed by atoms with E-state index in [1.165, 1.54) is 5.56 Å². The zero-order valence-electron chi connectivity index (χ0n) is 16.7. The Morgan fingerprint density at radius 2 is 1.79 bits per heavy atom. The fourth-order valence-electron chi connectivity index (χ4n) is 3.10. The summed E-state index contributed by atoms with van der Waals surface area (Å²) in [6.07, 6.45) is 0. The number of carbonyl (C=O) groups excluding carboxylic acids is 1. The maximum Gasteiger partial charge on any atom is 0.277 e. The van der Waals surface area contributed by atoms with Gasteiger partial charge in [0.1, 0.15) is 0 Å². The number of hydrogen-bond donors (Lipinski definition) is 1. The second kappa shape index (κ2) is 8.17. The van der Waals surface area contributed by atoms with Crippen molar-refractivity contribution in [2.75, 3.05) is 19.5 Å². The lowest BCUT2D eigenvalue weighted by Gasteiger charge is -2.11. The van der Waals surface area contributed by atoms with Crippen LogP contribution in [0.2, 0.25) is 0 Å². The average Bonchev–Trinajstić information content (AvgIpc) is 3.17. The predicted octanol–water partition coefficient (Wildman–Crippen LogP) is 5.04. The molecule has 0 fully saturated rings. The van der Waals surface area contributed by atoms with Crippen molar-refractivity contribution < 1.29 is 18.8 Å². The first kappa shape index (κ1) is 19.5. The van der Waals surface area contributed by atoms with Crippen molar-refractivity contribution in [3.63, 3.8) is 0 Å². The third kappa shape index (κ3) is 4.01. The van der Waals surface area contributed by atoms with Gasteiger partial charge in [0.05, 0.1) is 14.2 Å². The van der Waals surface area contributed by atoms with Crippen molar-refractivity contribution >= 4 is 11.6 Å². The lowest BCUT2D eigenvalue weighted by atomic mass is 9.98. The topological polar surface area (TPSA) is 73.6 Å². The molecule has 0 radical (unpaired) electrons. The lowest BCUT2D eigenvalue weighted by molar-refractivity contribution is 0.101. The first-order valence-corrected chi connectivity index (χ1v) is 9.04. The number of nitrogens with zero attached hydrogens (tertiary/aromatic N) is 1. The quantitative estimate of drug-likeness (QED) is 0.648. The van der Waals surface area contributed by atoms with Gasteiger partial charge in [-0.1, -0.05) is 25.1 Å². The highest BCUT2D eigenvalue weighted by atomic mass is 16.5. The number of aryl methyl sites for hydroxylation is 1. The van der Waals surface area contributed by atoms with Crippen LogP contribution < -0.4 is 14.8 Å². The number of nitrogens with one attached hydrogen (secondary N) is 1. The maximum atomic E-state index is 12.5. The normalized spacial score (nSPS) is 10.8. The minimum absolute atomic E-state index is 0.204. The number of amides is 1. The summed E-state index contributed by atoms with van der Waals surface area (Å²) in [4.78, 5) is 12.5. The van der Waals surface area contributed by atoms with E-state index in [4.69, 9.17) is 14.0 Å². The van der Waals surface area contributed by atoms with Crippen LogP contribution in [0.3, 0.4) is 0 Å². The highest BCUT2D eigenvalue weighted by Gasteiger charge is 2.16. The molecule has 0 saturated carbocycles. The van der Waals surface area contributed by atoms with E-state index in [-0.39, 0.29) is 11.6 Å². The molecule has 0 atom stereocenters. The van der Waals surface area contributed by atoms with Gasteiger partial charge in [-0.2, -0.15) is 0 Å². The molecule has 146 valence electrons. The van der Waals surface area contributed by atoms with E-state index in [1.54, 1.807) is 32.4 Å². The van der Waals surface area contributed by atoms with E-state index >= 15 is 0 Å². The Morgan fingerprint density at radius 1 is 1.04 bits per heavy atom. The SMILES string of the molecule is COc1ccc(-c2cc(C(=O)Nc3ccc(C(C)C)c(C)c3)no2)cc1OC. The predicted molar refractivity (Wildman–Crippen MR) is 108 cm³/mol. The molecule has 0 spiro atoms. The van der Waals surface area contributed by atoms with Crippen LogP contribution in [0.1, 0.15) is 41.4 Å². The number of benzene rings is 2. The molecule has 0 aliphatic heterocycles. The number of hydrogen-bond acceptors (Lipinski definition) is 5. The molecule has 0 aliphatic rings. The summed E-state index contributed by atoms with van der Waals surface area (Å²) in [5, 5.41) is 6.76. The highest BCUT2D eigenvalue weighted by molar-refractivity contribution is 6.03. The summed E-state index contributed by atoms with van der Waals surface area (Å²) in [5.41, 5.74) is 4.06. The monoisotopic (exact) mass is 380 g/mol. The van der Waals surface area contributed by atoms with Crippen LogP contribution in [0.4, 0.5) is 5.69 Å². The molecule has 1 N–H and O–H groups in total. The molecule has 0 saturated heterocycles. The van der Waals surface area contributed by atoms with E-state index in [2.05, 4.69) is 24.3 Å². The molecule has 0 unspecified atom stereocenters. The number of aromatic nitrogens is 1. The van der Waals surface area contributed by atoms with Gasteiger partial charge < -0.3 is 19.3 Å². The van der Waals surface area contributed by atoms with Crippen LogP contribution in [-0.4, -0.2) is 25.3 Å². The van der Waals surface area contributed by atoms with Gasteiger partial charge in [0.2, 0.25) is 0 Å². The van der Waals surface area contributed by atoms with Gasteiger partial charge in [0, 0.05) is 17.3 Å². The molecule has 3 rings (SSSR count). The molecule has 3 aromatic rings. The summed E-state index contributed by atoms with van der Waals surface area (Å²) in [7, 11) is 3.14. The molecule has 0 bridgehead atoms. The number of rotatable bonds is 6. The Bertz CT molecular complexity index is 992. The summed E-state index contributed by atoms with van der Waals surface area (Å²) in [5.74, 6) is 1.76. The Hall–Kier alpha value is -3.28. The third-order valence-corrected chi connectivity index (χ3v) is 4.56. The maximum absolute atomic E-state index is 12.5. The van der Waals surface area contributed by atoms with Crippen LogP contribution in [0, 0.1) is 6.92 Å². The number of carbonyl (C=O) groups is 1. The highest BCUT2D eigenvalue weighted by Crippen LogP contribution is 2.32. The second-order valence-corrected chi connectivity index (χ2v) is 6.83. The largest absolute Gasteiger partial charge is 0.493 e. The Balaban J connectivity index is 1.78. The van der Waals surface area contributed by atoms with Crippen LogP contribution in [0.5, 0.6) is 11.5 Å². The van der Waals surface area contributed by atoms with Gasteiger partial charge in [0.15, 0.2) is 23.0 Å². The van der Waals surface area contributed by atoms with Gasteiger partial charge in [0.25, 0.3) is 5.91 Å². The minimum Gasteiger partial charge on any atom is -0.493 e. The average molecular weight is 380 g/mol. The fraction of sp³-hybridized carbons (Fsp3) is 0.273. The van der Waals surface area contributed by atoms with E-state index in [9.17, 15) is 4.79 Å². The van der Waals surface area contributed by atoms with Gasteiger partial charge in [-0.3, -0.25) is 4.79 Å². The lowest BCUT2D eigenvalue weighted by Crippen LogP contribution is -2.12. The van der Waals surface area contributed by atoms with Crippen LogP contribution in [0.15, 0.2) is 47.0 Å². The van der Waals surface area contributed by atoms with E-state index in [0.29, 0.717) is 23.2 Å². The van der Waals surface area contributed by atoms with E-state index in [1.807, 2.05) is 31.2 Å². The molecule has 6 nitrogen and oxygen atoms in total. The smallest absolute Gasteiger partial charge is 0.277 e. The Kier molecular flexibility index (Phi) is 5.68. The molecular formula is C22H24N2O4. The zero-order chi connectivity index (χ0) is 20.3. The van der Waals surface area contributed by atoms with Gasteiger partial charge in [-0.25, -0.2) is 0 Å². The van der Waals surface area contributed by atoms with Crippen molar-refractivity contribution in [2.45, 2.75) is 26.7 Å². The first-order chi connectivity index (χ1) is 13.4. The van der Waals surface area contributed by atoms with Crippen molar-refractivity contribution in [1.29, 1.82) is 0 Å². The molecule has 28 heavy (non-hydrogen) atoms. The third-order valence-electron chi connectivity index (χ3n) is 4.56. The minimum atomic E-state index is -0.327. The summed E-state index contributed by atoms with van der Waals surface area (Å²) in [6.45, 7) is 6.33. The van der Waals surface area contributed by atoms with E-state index < -0.39 is 0 Å². The van der Waals surface area contributed by atoms with Crippen molar-refractivity contribution in [2.24, 2.45) is 0 Å². The van der Waals surface area contributed by atoms with Gasteiger partial charge >= 0.3 is 0 Å². The molecule has 1 heterocycles. The van der Waals surface area contributed by atoms with Crippen molar-refractivity contribution in [3.05, 3.63) is 59.3 Å². The Labute approximate surface area is 164 Å². The summed E-state index contributed by atoms with van der Waals surface area (Å²) >= 11 is 0. The fourth-order valence-corrected chi connectivity index (χ4v) is 3.10. The van der Waals surface area contributed by atoms with Gasteiger partial charge in [-0.05, 0) is 54.3 Å². The van der Waals surface area contributed by atoms with Crippen LogP contribution in [0.25, 0.3) is 11.3 Å². The zero-order valence-corrected chi connectivity index (χ0v) is 16.7. The van der Waals surface area contributed by atoms with Gasteiger partial charge in [-0.15, -0.1) is 0 Å². The number of ether oxygens (including phenoxy) is 2. The first-order valence-electron chi connectivity index (χ1n) is 9.04. The molecule has 2 aromatic carbocycles.